The number of hydrogen-bond donors (Lipinski definition) is 1. The highest BCUT2D eigenvalue weighted by molar-refractivity contribution is 5.93. The molecule has 2 atom stereocenters. The molecule has 1 aliphatic rings. The number of cyclic esters (lactones) is 1. The summed E-state index contributed by atoms with van der Waals surface area (Å²) in [7, 11) is 0. The number of aliphatic hydroxyl groups is 1. The number of halogens is 2. The van der Waals surface area contributed by atoms with Gasteiger partial charge in [0.25, 0.3) is 0 Å². The minimum Gasteiger partial charge on any atom is -0.453 e. The summed E-state index contributed by atoms with van der Waals surface area (Å²) >= 11 is 0. The minimum atomic E-state index is -1.03. The first-order valence-corrected chi connectivity index (χ1v) is 8.41. The molecule has 0 bridgehead atoms. The highest BCUT2D eigenvalue weighted by atomic mass is 19.1. The molecule has 0 aliphatic carbocycles. The van der Waals surface area contributed by atoms with E-state index in [4.69, 9.17) is 4.74 Å². The largest absolute Gasteiger partial charge is 0.453 e. The summed E-state index contributed by atoms with van der Waals surface area (Å²) in [6.45, 7) is 3.44. The van der Waals surface area contributed by atoms with Crippen molar-refractivity contribution in [3.05, 3.63) is 69.8 Å². The molecule has 132 valence electrons. The van der Waals surface area contributed by atoms with Gasteiger partial charge in [0.05, 0.1) is 11.7 Å². The van der Waals surface area contributed by atoms with Crippen LogP contribution in [0.4, 0.5) is 8.78 Å². The number of ether oxygens (including phenoxy) is 1. The van der Waals surface area contributed by atoms with E-state index in [0.29, 0.717) is 11.1 Å². The molecule has 0 amide bonds. The molecule has 0 saturated heterocycles. The molecule has 1 N–H and O–H groups in total. The van der Waals surface area contributed by atoms with Gasteiger partial charge in [0.2, 0.25) is 0 Å². The number of aliphatic hydroxyl groups excluding tert-OH is 1. The Morgan fingerprint density at radius 2 is 2.04 bits per heavy atom. The second-order valence-electron chi connectivity index (χ2n) is 6.38. The quantitative estimate of drug-likeness (QED) is 0.834. The maximum absolute atomic E-state index is 14.5. The zero-order chi connectivity index (χ0) is 18.1. The van der Waals surface area contributed by atoms with Crippen LogP contribution in [0.2, 0.25) is 0 Å². The zero-order valence-corrected chi connectivity index (χ0v) is 14.2. The molecule has 1 aliphatic heterocycles. The van der Waals surface area contributed by atoms with Gasteiger partial charge >= 0.3 is 5.97 Å². The fraction of sp³-hybridized carbons (Fsp3) is 0.350. The van der Waals surface area contributed by atoms with E-state index in [1.54, 1.807) is 12.1 Å². The van der Waals surface area contributed by atoms with E-state index in [1.165, 1.54) is 19.1 Å². The lowest BCUT2D eigenvalue weighted by Crippen LogP contribution is -2.24. The van der Waals surface area contributed by atoms with Crippen molar-refractivity contribution in [2.75, 3.05) is 0 Å². The summed E-state index contributed by atoms with van der Waals surface area (Å²) in [4.78, 5) is 12.3. The standard InChI is InChI=1S/C20H20F2O3/c1-3-4-12-5-7-15(16(21)9-12)17-10-13-6-8-14(11(2)23)19(22)18(13)20(24)25-17/h5-9,11,17,23H,3-4,10H2,1-2H3. The van der Waals surface area contributed by atoms with E-state index in [2.05, 4.69) is 0 Å². The monoisotopic (exact) mass is 346 g/mol. The summed E-state index contributed by atoms with van der Waals surface area (Å²) in [5, 5.41) is 9.59. The molecule has 0 radical (unpaired) electrons. The van der Waals surface area contributed by atoms with Gasteiger partial charge in [-0.15, -0.1) is 0 Å². The molecule has 0 fully saturated rings. The maximum Gasteiger partial charge on any atom is 0.342 e. The van der Waals surface area contributed by atoms with Gasteiger partial charge in [0.1, 0.15) is 17.7 Å². The highest BCUT2D eigenvalue weighted by Gasteiger charge is 2.33. The Morgan fingerprint density at radius 3 is 2.68 bits per heavy atom. The van der Waals surface area contributed by atoms with Crippen LogP contribution in [0.1, 0.15) is 65.1 Å². The van der Waals surface area contributed by atoms with Gasteiger partial charge in [-0.05, 0) is 30.5 Å². The third-order valence-corrected chi connectivity index (χ3v) is 4.52. The van der Waals surface area contributed by atoms with Crippen LogP contribution in [0.15, 0.2) is 30.3 Å². The number of aryl methyl sites for hydroxylation is 1. The Hall–Kier alpha value is -2.27. The topological polar surface area (TPSA) is 46.5 Å². The lowest BCUT2D eigenvalue weighted by Gasteiger charge is -2.26. The third kappa shape index (κ3) is 3.29. The summed E-state index contributed by atoms with van der Waals surface area (Å²) in [5.41, 5.74) is 1.51. The van der Waals surface area contributed by atoms with Crippen LogP contribution in [0, 0.1) is 11.6 Å². The van der Waals surface area contributed by atoms with Crippen LogP contribution in [0.5, 0.6) is 0 Å². The number of rotatable bonds is 4. The average Bonchev–Trinajstić information content (AvgIpc) is 2.54. The number of carbonyl (C=O) groups is 1. The van der Waals surface area contributed by atoms with Crippen molar-refractivity contribution in [1.82, 2.24) is 0 Å². The van der Waals surface area contributed by atoms with Crippen LogP contribution in [-0.2, 0) is 17.6 Å². The van der Waals surface area contributed by atoms with Crippen molar-refractivity contribution in [1.29, 1.82) is 0 Å². The minimum absolute atomic E-state index is 0.0456. The fourth-order valence-corrected chi connectivity index (χ4v) is 3.22. The number of fused-ring (bicyclic) bond motifs is 1. The van der Waals surface area contributed by atoms with Gasteiger partial charge in [-0.25, -0.2) is 13.6 Å². The van der Waals surface area contributed by atoms with Crippen molar-refractivity contribution in [3.8, 4) is 0 Å². The first-order chi connectivity index (χ1) is 11.9. The normalized spacial score (nSPS) is 17.8. The molecule has 25 heavy (non-hydrogen) atoms. The molecule has 0 aromatic heterocycles. The molecule has 2 aromatic carbocycles. The Kier molecular flexibility index (Phi) is 4.86. The van der Waals surface area contributed by atoms with E-state index in [1.807, 2.05) is 13.0 Å². The first kappa shape index (κ1) is 17.5. The van der Waals surface area contributed by atoms with Crippen molar-refractivity contribution in [3.63, 3.8) is 0 Å². The van der Waals surface area contributed by atoms with Crippen LogP contribution in [0.3, 0.4) is 0 Å². The molecule has 3 nitrogen and oxygen atoms in total. The number of esters is 1. The van der Waals surface area contributed by atoms with Crippen molar-refractivity contribution >= 4 is 5.97 Å². The number of benzene rings is 2. The molecule has 0 spiro atoms. The van der Waals surface area contributed by atoms with Gasteiger partial charge in [-0.2, -0.15) is 0 Å². The van der Waals surface area contributed by atoms with Crippen molar-refractivity contribution < 1.29 is 23.4 Å². The Bertz CT molecular complexity index is 815. The zero-order valence-electron chi connectivity index (χ0n) is 14.2. The first-order valence-electron chi connectivity index (χ1n) is 8.41. The number of hydrogen-bond acceptors (Lipinski definition) is 3. The Balaban J connectivity index is 1.95. The van der Waals surface area contributed by atoms with Crippen LogP contribution >= 0.6 is 0 Å². The van der Waals surface area contributed by atoms with Crippen molar-refractivity contribution in [2.24, 2.45) is 0 Å². The van der Waals surface area contributed by atoms with E-state index in [9.17, 15) is 18.7 Å². The van der Waals surface area contributed by atoms with Gasteiger partial charge in [0.15, 0.2) is 0 Å². The molecular formula is C20H20F2O3. The van der Waals surface area contributed by atoms with Gasteiger partial charge in [-0.1, -0.05) is 37.6 Å². The van der Waals surface area contributed by atoms with Crippen molar-refractivity contribution in [2.45, 2.75) is 45.3 Å². The van der Waals surface area contributed by atoms with Crippen LogP contribution in [-0.4, -0.2) is 11.1 Å². The second-order valence-corrected chi connectivity index (χ2v) is 6.38. The summed E-state index contributed by atoms with van der Waals surface area (Å²) in [5.74, 6) is -2.02. The smallest absolute Gasteiger partial charge is 0.342 e. The predicted molar refractivity (Wildman–Crippen MR) is 89.3 cm³/mol. The molecule has 1 heterocycles. The van der Waals surface area contributed by atoms with Crippen LogP contribution < -0.4 is 0 Å². The van der Waals surface area contributed by atoms with Gasteiger partial charge < -0.3 is 9.84 Å². The lowest BCUT2D eigenvalue weighted by atomic mass is 9.91. The predicted octanol–water partition coefficient (Wildman–Crippen LogP) is 4.42. The Morgan fingerprint density at radius 1 is 1.28 bits per heavy atom. The summed E-state index contributed by atoms with van der Waals surface area (Å²) in [6, 6.07) is 7.96. The molecule has 2 aromatic rings. The fourth-order valence-electron chi connectivity index (χ4n) is 3.22. The molecular weight excluding hydrogens is 326 g/mol. The molecule has 2 unspecified atom stereocenters. The SMILES string of the molecule is CCCc1ccc(C2Cc3ccc(C(C)O)c(F)c3C(=O)O2)c(F)c1. The number of carbonyl (C=O) groups excluding carboxylic acids is 1. The van der Waals surface area contributed by atoms with Gasteiger partial charge in [0, 0.05) is 17.5 Å². The van der Waals surface area contributed by atoms with Crippen LogP contribution in [0.25, 0.3) is 0 Å². The average molecular weight is 346 g/mol. The molecule has 3 rings (SSSR count). The molecule has 5 heteroatoms. The van der Waals surface area contributed by atoms with E-state index >= 15 is 0 Å². The second kappa shape index (κ2) is 6.92. The Labute approximate surface area is 145 Å². The maximum atomic E-state index is 14.5. The van der Waals surface area contributed by atoms with E-state index in [0.717, 1.165) is 18.4 Å². The summed E-state index contributed by atoms with van der Waals surface area (Å²) in [6.07, 6.45) is 0.0712. The third-order valence-electron chi connectivity index (χ3n) is 4.52. The van der Waals surface area contributed by atoms with E-state index in [-0.39, 0.29) is 17.5 Å². The highest BCUT2D eigenvalue weighted by Crippen LogP contribution is 2.35. The summed E-state index contributed by atoms with van der Waals surface area (Å²) < 4.78 is 34.2. The van der Waals surface area contributed by atoms with E-state index < -0.39 is 29.8 Å². The van der Waals surface area contributed by atoms with Gasteiger partial charge in [-0.3, -0.25) is 0 Å². The molecule has 0 saturated carbocycles. The lowest BCUT2D eigenvalue weighted by molar-refractivity contribution is 0.0237.